The zero-order valence-electron chi connectivity index (χ0n) is 9.12. The Balaban J connectivity index is 2.34. The lowest BCUT2D eigenvalue weighted by molar-refractivity contribution is -0.384. The number of rotatable bonds is 4. The summed E-state index contributed by atoms with van der Waals surface area (Å²) in [6, 6.07) is 4.25. The Morgan fingerprint density at radius 1 is 1.59 bits per heavy atom. The highest BCUT2D eigenvalue weighted by Crippen LogP contribution is 2.51. The van der Waals surface area contributed by atoms with Crippen LogP contribution in [-0.4, -0.2) is 23.1 Å². The van der Waals surface area contributed by atoms with E-state index in [0.717, 1.165) is 0 Å². The predicted octanol–water partition coefficient (Wildman–Crippen LogP) is 1.79. The lowest BCUT2D eigenvalue weighted by atomic mass is 10.1. The second kappa shape index (κ2) is 4.04. The molecule has 0 radical (unpaired) electrons. The second-order valence-electron chi connectivity index (χ2n) is 3.97. The number of carboxylic acids is 1. The van der Waals surface area contributed by atoms with Crippen LogP contribution in [0.5, 0.6) is 5.75 Å². The highest BCUT2D eigenvalue weighted by atomic mass is 16.6. The van der Waals surface area contributed by atoms with Gasteiger partial charge in [-0.05, 0) is 12.5 Å². The van der Waals surface area contributed by atoms with E-state index < -0.39 is 16.8 Å². The Hall–Kier alpha value is -2.11. The summed E-state index contributed by atoms with van der Waals surface area (Å²) in [5, 5.41) is 19.5. The van der Waals surface area contributed by atoms with Gasteiger partial charge in [0.25, 0.3) is 5.69 Å². The van der Waals surface area contributed by atoms with E-state index in [1.165, 1.54) is 25.3 Å². The highest BCUT2D eigenvalue weighted by Gasteiger charge is 2.46. The van der Waals surface area contributed by atoms with Gasteiger partial charge in [0.15, 0.2) is 0 Å². The molecule has 1 aromatic carbocycles. The predicted molar refractivity (Wildman–Crippen MR) is 58.1 cm³/mol. The summed E-state index contributed by atoms with van der Waals surface area (Å²) in [6.45, 7) is 0. The van der Waals surface area contributed by atoms with E-state index in [1.54, 1.807) is 0 Å². The molecule has 6 nitrogen and oxygen atoms in total. The van der Waals surface area contributed by atoms with Gasteiger partial charge in [-0.1, -0.05) is 0 Å². The molecule has 1 aromatic rings. The monoisotopic (exact) mass is 237 g/mol. The number of hydrogen-bond donors (Lipinski definition) is 1. The molecule has 0 aromatic heterocycles. The first-order valence-corrected chi connectivity index (χ1v) is 5.09. The molecule has 1 N–H and O–H groups in total. The van der Waals surface area contributed by atoms with E-state index >= 15 is 0 Å². The van der Waals surface area contributed by atoms with Crippen molar-refractivity contribution in [3.05, 3.63) is 33.9 Å². The Bertz CT molecular complexity index is 485. The van der Waals surface area contributed by atoms with Gasteiger partial charge in [-0.3, -0.25) is 14.9 Å². The number of carbonyl (C=O) groups is 1. The van der Waals surface area contributed by atoms with Gasteiger partial charge in [-0.2, -0.15) is 0 Å². The van der Waals surface area contributed by atoms with Crippen LogP contribution in [0.2, 0.25) is 0 Å². The Labute approximate surface area is 97.0 Å². The Morgan fingerprint density at radius 3 is 2.76 bits per heavy atom. The molecule has 1 saturated carbocycles. The first-order valence-electron chi connectivity index (χ1n) is 5.09. The zero-order valence-corrected chi connectivity index (χ0v) is 9.12. The van der Waals surface area contributed by atoms with E-state index in [4.69, 9.17) is 9.84 Å². The van der Waals surface area contributed by atoms with Crippen LogP contribution in [0.4, 0.5) is 5.69 Å². The lowest BCUT2D eigenvalue weighted by Gasteiger charge is -2.07. The molecule has 2 atom stereocenters. The summed E-state index contributed by atoms with van der Waals surface area (Å²) < 4.78 is 5.09. The number of ether oxygens (including phenoxy) is 1. The van der Waals surface area contributed by atoms with Crippen molar-refractivity contribution in [2.45, 2.75) is 12.3 Å². The van der Waals surface area contributed by atoms with Crippen LogP contribution in [0.25, 0.3) is 0 Å². The molecule has 2 unspecified atom stereocenters. The molecular weight excluding hydrogens is 226 g/mol. The fraction of sp³-hybridized carbons (Fsp3) is 0.364. The molecular formula is C11H11NO5. The van der Waals surface area contributed by atoms with Crippen LogP contribution in [0, 0.1) is 16.0 Å². The van der Waals surface area contributed by atoms with Crippen LogP contribution in [0.3, 0.4) is 0 Å². The third-order valence-corrected chi connectivity index (χ3v) is 2.93. The maximum Gasteiger partial charge on any atom is 0.307 e. The second-order valence-corrected chi connectivity index (χ2v) is 3.97. The number of nitro groups is 1. The maximum absolute atomic E-state index is 10.8. The third kappa shape index (κ3) is 2.06. The SMILES string of the molecule is COc1ccc([N+](=O)[O-])cc1C1CC1C(=O)O. The highest BCUT2D eigenvalue weighted by molar-refractivity contribution is 5.75. The van der Waals surface area contributed by atoms with Crippen molar-refractivity contribution in [1.82, 2.24) is 0 Å². The summed E-state index contributed by atoms with van der Waals surface area (Å²) in [6.07, 6.45) is 0.507. The molecule has 0 heterocycles. The molecule has 0 amide bonds. The number of methoxy groups -OCH3 is 1. The van der Waals surface area contributed by atoms with Crippen molar-refractivity contribution in [3.63, 3.8) is 0 Å². The molecule has 0 spiro atoms. The third-order valence-electron chi connectivity index (χ3n) is 2.93. The van der Waals surface area contributed by atoms with Gasteiger partial charge in [-0.15, -0.1) is 0 Å². The first-order chi connectivity index (χ1) is 8.04. The van der Waals surface area contributed by atoms with Gasteiger partial charge in [0, 0.05) is 23.6 Å². The molecule has 1 aliphatic rings. The van der Waals surface area contributed by atoms with E-state index in [0.29, 0.717) is 17.7 Å². The molecule has 0 bridgehead atoms. The molecule has 0 saturated heterocycles. The van der Waals surface area contributed by atoms with Crippen LogP contribution < -0.4 is 4.74 Å². The fourth-order valence-corrected chi connectivity index (χ4v) is 1.94. The minimum absolute atomic E-state index is 0.0446. The molecule has 2 rings (SSSR count). The van der Waals surface area contributed by atoms with E-state index in [2.05, 4.69) is 0 Å². The number of non-ortho nitro benzene ring substituents is 1. The number of hydrogen-bond acceptors (Lipinski definition) is 4. The molecule has 0 aliphatic heterocycles. The van der Waals surface area contributed by atoms with Gasteiger partial charge in [0.05, 0.1) is 18.0 Å². The minimum Gasteiger partial charge on any atom is -0.496 e. The van der Waals surface area contributed by atoms with Crippen LogP contribution in [0.1, 0.15) is 17.9 Å². The Kier molecular flexibility index (Phi) is 2.71. The molecule has 1 aliphatic carbocycles. The normalized spacial score (nSPS) is 21.9. The summed E-state index contributed by atoms with van der Waals surface area (Å²) >= 11 is 0. The van der Waals surface area contributed by atoms with Gasteiger partial charge in [0.1, 0.15) is 5.75 Å². The molecule has 90 valence electrons. The van der Waals surface area contributed by atoms with Crippen molar-refractivity contribution in [1.29, 1.82) is 0 Å². The first kappa shape index (κ1) is 11.4. The van der Waals surface area contributed by atoms with Crippen molar-refractivity contribution >= 4 is 11.7 Å². The van der Waals surface area contributed by atoms with Crippen LogP contribution in [-0.2, 0) is 4.79 Å². The summed E-state index contributed by atoms with van der Waals surface area (Å²) in [5.74, 6) is -0.999. The quantitative estimate of drug-likeness (QED) is 0.636. The summed E-state index contributed by atoms with van der Waals surface area (Å²) in [4.78, 5) is 20.9. The van der Waals surface area contributed by atoms with E-state index in [-0.39, 0.29) is 11.6 Å². The minimum atomic E-state index is -0.872. The van der Waals surface area contributed by atoms with Crippen molar-refractivity contribution in [2.75, 3.05) is 7.11 Å². The van der Waals surface area contributed by atoms with Gasteiger partial charge < -0.3 is 9.84 Å². The topological polar surface area (TPSA) is 89.7 Å². The van der Waals surface area contributed by atoms with Crippen molar-refractivity contribution in [2.24, 2.45) is 5.92 Å². The number of nitro benzene ring substituents is 1. The standard InChI is InChI=1S/C11H11NO5/c1-17-10-3-2-6(12(15)16)4-8(10)7-5-9(7)11(13)14/h2-4,7,9H,5H2,1H3,(H,13,14). The average Bonchev–Trinajstić information content (AvgIpc) is 3.08. The average molecular weight is 237 g/mol. The van der Waals surface area contributed by atoms with E-state index in [9.17, 15) is 14.9 Å². The number of benzene rings is 1. The summed E-state index contributed by atoms with van der Waals surface area (Å²) in [7, 11) is 1.46. The van der Waals surface area contributed by atoms with Crippen molar-refractivity contribution < 1.29 is 19.6 Å². The van der Waals surface area contributed by atoms with Crippen LogP contribution in [0.15, 0.2) is 18.2 Å². The smallest absolute Gasteiger partial charge is 0.307 e. The zero-order chi connectivity index (χ0) is 12.6. The lowest BCUT2D eigenvalue weighted by Crippen LogP contribution is -2.00. The van der Waals surface area contributed by atoms with Crippen LogP contribution >= 0.6 is 0 Å². The molecule has 1 fully saturated rings. The number of aliphatic carboxylic acids is 1. The van der Waals surface area contributed by atoms with Gasteiger partial charge >= 0.3 is 5.97 Å². The van der Waals surface area contributed by atoms with Gasteiger partial charge in [-0.25, -0.2) is 0 Å². The largest absolute Gasteiger partial charge is 0.496 e. The molecule has 6 heteroatoms. The number of nitrogens with zero attached hydrogens (tertiary/aromatic N) is 1. The van der Waals surface area contributed by atoms with Gasteiger partial charge in [0.2, 0.25) is 0 Å². The van der Waals surface area contributed by atoms with Crippen molar-refractivity contribution in [3.8, 4) is 5.75 Å². The molecule has 17 heavy (non-hydrogen) atoms. The summed E-state index contributed by atoms with van der Waals surface area (Å²) in [5.41, 5.74) is 0.561. The maximum atomic E-state index is 10.8. The fourth-order valence-electron chi connectivity index (χ4n) is 1.94. The number of carboxylic acid groups (broad SMARTS) is 1. The Morgan fingerprint density at radius 2 is 2.29 bits per heavy atom. The van der Waals surface area contributed by atoms with E-state index in [1.807, 2.05) is 0 Å².